The lowest BCUT2D eigenvalue weighted by Gasteiger charge is -2.17. The maximum Gasteiger partial charge on any atom is 0.253 e. The molecule has 0 aliphatic heterocycles. The fraction of sp³-hybridized carbons (Fsp3) is 0.333. The van der Waals surface area contributed by atoms with Crippen molar-refractivity contribution in [3.63, 3.8) is 0 Å². The second kappa shape index (κ2) is 6.98. The smallest absolute Gasteiger partial charge is 0.253 e. The Morgan fingerprint density at radius 2 is 2.20 bits per heavy atom. The summed E-state index contributed by atoms with van der Waals surface area (Å²) in [5, 5.41) is 3.89. The number of pyridine rings is 1. The number of rotatable bonds is 6. The molecule has 2 rings (SSSR count). The third-order valence-electron chi connectivity index (χ3n) is 3.10. The Hall–Kier alpha value is -1.98. The molecule has 5 nitrogen and oxygen atoms in total. The molecule has 1 atom stereocenters. The van der Waals surface area contributed by atoms with Crippen LogP contribution >= 0.6 is 0 Å². The molecule has 0 saturated heterocycles. The average Bonchev–Trinajstić information content (AvgIpc) is 2.47. The highest BCUT2D eigenvalue weighted by atomic mass is 16.5. The zero-order valence-corrected chi connectivity index (χ0v) is 11.5. The Kier molecular flexibility index (Phi) is 5.03. The molecule has 0 aliphatic carbocycles. The van der Waals surface area contributed by atoms with Crippen LogP contribution in [0.5, 0.6) is 0 Å². The first-order valence-corrected chi connectivity index (χ1v) is 6.60. The number of nitrogens with zero attached hydrogens (tertiary/aromatic N) is 1. The van der Waals surface area contributed by atoms with E-state index in [0.29, 0.717) is 30.7 Å². The lowest BCUT2D eigenvalue weighted by Crippen LogP contribution is -2.39. The van der Waals surface area contributed by atoms with Crippen LogP contribution < -0.4 is 11.1 Å². The van der Waals surface area contributed by atoms with Gasteiger partial charge >= 0.3 is 0 Å². The lowest BCUT2D eigenvalue weighted by molar-refractivity contribution is 0.0895. The van der Waals surface area contributed by atoms with Gasteiger partial charge in [-0.15, -0.1) is 0 Å². The van der Waals surface area contributed by atoms with E-state index in [1.165, 1.54) is 0 Å². The number of para-hydroxylation sites is 1. The van der Waals surface area contributed by atoms with Crippen molar-refractivity contribution in [3.05, 3.63) is 42.1 Å². The zero-order valence-electron chi connectivity index (χ0n) is 11.5. The Morgan fingerprint density at radius 3 is 2.95 bits per heavy atom. The summed E-state index contributed by atoms with van der Waals surface area (Å²) < 4.78 is 5.09. The highest BCUT2D eigenvalue weighted by Crippen LogP contribution is 2.16. The van der Waals surface area contributed by atoms with Gasteiger partial charge in [-0.05, 0) is 25.1 Å². The van der Waals surface area contributed by atoms with Gasteiger partial charge in [0.05, 0.1) is 23.7 Å². The molecule has 106 valence electrons. The number of fused-ring (bicyclic) bond motifs is 1. The largest absolute Gasteiger partial charge is 0.383 e. The summed E-state index contributed by atoms with van der Waals surface area (Å²) >= 11 is 0. The number of carbonyl (C=O) groups is 1. The van der Waals surface area contributed by atoms with Gasteiger partial charge in [0.25, 0.3) is 5.91 Å². The molecule has 5 heteroatoms. The van der Waals surface area contributed by atoms with Crippen molar-refractivity contribution < 1.29 is 9.53 Å². The van der Waals surface area contributed by atoms with Crippen LogP contribution in [0.2, 0.25) is 0 Å². The second-order valence-electron chi connectivity index (χ2n) is 4.58. The van der Waals surface area contributed by atoms with Gasteiger partial charge in [-0.1, -0.05) is 18.2 Å². The number of methoxy groups -OCH3 is 1. The van der Waals surface area contributed by atoms with Gasteiger partial charge in [0.2, 0.25) is 0 Å². The first-order valence-electron chi connectivity index (χ1n) is 6.60. The SMILES string of the molecule is COCC(CCN)NC(=O)c1cccc2cccnc12. The number of benzene rings is 1. The number of hydrogen-bond donors (Lipinski definition) is 2. The Morgan fingerprint density at radius 1 is 1.40 bits per heavy atom. The van der Waals surface area contributed by atoms with Crippen LogP contribution in [-0.2, 0) is 4.74 Å². The van der Waals surface area contributed by atoms with Gasteiger partial charge < -0.3 is 15.8 Å². The van der Waals surface area contributed by atoms with Gasteiger partial charge in [0.1, 0.15) is 0 Å². The van der Waals surface area contributed by atoms with Gasteiger partial charge in [-0.3, -0.25) is 9.78 Å². The Balaban J connectivity index is 2.22. The predicted molar refractivity (Wildman–Crippen MR) is 78.5 cm³/mol. The molecular weight excluding hydrogens is 254 g/mol. The number of nitrogens with one attached hydrogen (secondary N) is 1. The molecule has 0 fully saturated rings. The van der Waals surface area contributed by atoms with E-state index in [-0.39, 0.29) is 11.9 Å². The van der Waals surface area contributed by atoms with Crippen LogP contribution in [0.4, 0.5) is 0 Å². The Bertz CT molecular complexity index is 575. The van der Waals surface area contributed by atoms with Crippen LogP contribution in [0.3, 0.4) is 0 Å². The highest BCUT2D eigenvalue weighted by Gasteiger charge is 2.15. The summed E-state index contributed by atoms with van der Waals surface area (Å²) in [6, 6.07) is 9.27. The molecule has 3 N–H and O–H groups in total. The molecular formula is C15H19N3O2. The van der Waals surface area contributed by atoms with Crippen molar-refractivity contribution in [1.29, 1.82) is 0 Å². The van der Waals surface area contributed by atoms with Crippen LogP contribution in [0.25, 0.3) is 10.9 Å². The molecule has 0 aliphatic rings. The molecule has 2 aromatic rings. The second-order valence-corrected chi connectivity index (χ2v) is 4.58. The van der Waals surface area contributed by atoms with Crippen LogP contribution in [0.1, 0.15) is 16.8 Å². The van der Waals surface area contributed by atoms with Gasteiger partial charge in [0.15, 0.2) is 0 Å². The summed E-state index contributed by atoms with van der Waals surface area (Å²) in [5.41, 5.74) is 6.82. The predicted octanol–water partition coefficient (Wildman–Crippen LogP) is 1.33. The fourth-order valence-electron chi connectivity index (χ4n) is 2.15. The number of aromatic nitrogens is 1. The summed E-state index contributed by atoms with van der Waals surface area (Å²) in [6.07, 6.45) is 2.36. The zero-order chi connectivity index (χ0) is 14.4. The van der Waals surface area contributed by atoms with E-state index >= 15 is 0 Å². The summed E-state index contributed by atoms with van der Waals surface area (Å²) in [7, 11) is 1.61. The third kappa shape index (κ3) is 3.31. The molecule has 0 saturated carbocycles. The normalized spacial score (nSPS) is 12.3. The number of amides is 1. The summed E-state index contributed by atoms with van der Waals surface area (Å²) in [6.45, 7) is 0.948. The quantitative estimate of drug-likeness (QED) is 0.832. The minimum atomic E-state index is -0.148. The molecule has 0 spiro atoms. The van der Waals surface area contributed by atoms with E-state index in [1.54, 1.807) is 19.4 Å². The minimum Gasteiger partial charge on any atom is -0.383 e. The van der Waals surface area contributed by atoms with E-state index in [0.717, 1.165) is 5.39 Å². The van der Waals surface area contributed by atoms with Gasteiger partial charge in [-0.2, -0.15) is 0 Å². The van der Waals surface area contributed by atoms with E-state index in [9.17, 15) is 4.79 Å². The molecule has 1 aromatic heterocycles. The standard InChI is InChI=1S/C15H19N3O2/c1-20-10-12(7-8-16)18-15(19)13-6-2-4-11-5-3-9-17-14(11)13/h2-6,9,12H,7-8,10,16H2,1H3,(H,18,19). The highest BCUT2D eigenvalue weighted by molar-refractivity contribution is 6.05. The molecule has 1 heterocycles. The van der Waals surface area contributed by atoms with Crippen molar-refractivity contribution in [1.82, 2.24) is 10.3 Å². The van der Waals surface area contributed by atoms with Gasteiger partial charge in [0, 0.05) is 18.7 Å². The first-order chi connectivity index (χ1) is 9.76. The van der Waals surface area contributed by atoms with Gasteiger partial charge in [-0.25, -0.2) is 0 Å². The first kappa shape index (κ1) is 14.4. The van der Waals surface area contributed by atoms with Crippen molar-refractivity contribution in [2.75, 3.05) is 20.3 Å². The average molecular weight is 273 g/mol. The number of carbonyl (C=O) groups excluding carboxylic acids is 1. The molecule has 0 radical (unpaired) electrons. The topological polar surface area (TPSA) is 77.2 Å². The van der Waals surface area contributed by atoms with Crippen molar-refractivity contribution in [2.24, 2.45) is 5.73 Å². The van der Waals surface area contributed by atoms with Crippen LogP contribution in [0, 0.1) is 0 Å². The minimum absolute atomic E-state index is 0.0866. The molecule has 20 heavy (non-hydrogen) atoms. The molecule has 0 bridgehead atoms. The Labute approximate surface area is 118 Å². The maximum absolute atomic E-state index is 12.4. The van der Waals surface area contributed by atoms with E-state index in [4.69, 9.17) is 10.5 Å². The van der Waals surface area contributed by atoms with E-state index in [1.807, 2.05) is 24.3 Å². The van der Waals surface area contributed by atoms with E-state index in [2.05, 4.69) is 10.3 Å². The van der Waals surface area contributed by atoms with Crippen LogP contribution in [-0.4, -0.2) is 37.2 Å². The number of hydrogen-bond acceptors (Lipinski definition) is 4. The molecule has 1 aromatic carbocycles. The number of ether oxygens (including phenoxy) is 1. The molecule has 1 amide bonds. The molecule has 1 unspecified atom stereocenters. The lowest BCUT2D eigenvalue weighted by atomic mass is 10.1. The van der Waals surface area contributed by atoms with Crippen molar-refractivity contribution in [2.45, 2.75) is 12.5 Å². The van der Waals surface area contributed by atoms with Crippen LogP contribution in [0.15, 0.2) is 36.5 Å². The monoisotopic (exact) mass is 273 g/mol. The number of nitrogens with two attached hydrogens (primary N) is 1. The third-order valence-corrected chi connectivity index (χ3v) is 3.10. The maximum atomic E-state index is 12.4. The van der Waals surface area contributed by atoms with Crippen molar-refractivity contribution >= 4 is 16.8 Å². The van der Waals surface area contributed by atoms with Crippen molar-refractivity contribution in [3.8, 4) is 0 Å². The van der Waals surface area contributed by atoms with E-state index < -0.39 is 0 Å². The summed E-state index contributed by atoms with van der Waals surface area (Å²) in [4.78, 5) is 16.7. The fourth-order valence-corrected chi connectivity index (χ4v) is 2.15. The summed E-state index contributed by atoms with van der Waals surface area (Å²) in [5.74, 6) is -0.148.